The Hall–Kier alpha value is -0.0900. The zero-order chi connectivity index (χ0) is 11.2. The molecule has 0 bridgehead atoms. The molecule has 0 saturated heterocycles. The van der Waals surface area contributed by atoms with Gasteiger partial charge in [-0.2, -0.15) is 0 Å². The highest BCUT2D eigenvalue weighted by Crippen LogP contribution is 2.12. The predicted molar refractivity (Wildman–Crippen MR) is 61.3 cm³/mol. The first-order chi connectivity index (χ1) is 6.39. The highest BCUT2D eigenvalue weighted by atomic mass is 32.2. The molecule has 0 unspecified atom stereocenters. The van der Waals surface area contributed by atoms with Gasteiger partial charge in [0, 0.05) is 17.8 Å². The van der Waals surface area contributed by atoms with E-state index in [2.05, 4.69) is 26.1 Å². The van der Waals surface area contributed by atoms with Crippen LogP contribution in [-0.4, -0.2) is 32.0 Å². The molecule has 0 radical (unpaired) electrons. The number of sulfone groups is 1. The molecule has 0 aromatic heterocycles. The lowest BCUT2D eigenvalue weighted by Gasteiger charge is -2.28. The van der Waals surface area contributed by atoms with Gasteiger partial charge in [0.1, 0.15) is 0 Å². The van der Waals surface area contributed by atoms with Crippen molar-refractivity contribution in [3.05, 3.63) is 0 Å². The molecule has 86 valence electrons. The first-order valence-corrected chi connectivity index (χ1v) is 7.16. The Balaban J connectivity index is 3.96. The van der Waals surface area contributed by atoms with Gasteiger partial charge in [-0.3, -0.25) is 0 Å². The summed E-state index contributed by atoms with van der Waals surface area (Å²) >= 11 is 0. The second-order valence-electron chi connectivity index (χ2n) is 3.93. The van der Waals surface area contributed by atoms with Crippen molar-refractivity contribution in [2.45, 2.75) is 46.1 Å². The molecule has 1 N–H and O–H groups in total. The first-order valence-electron chi connectivity index (χ1n) is 5.34. The van der Waals surface area contributed by atoms with Crippen molar-refractivity contribution >= 4 is 9.84 Å². The summed E-state index contributed by atoms with van der Waals surface area (Å²) in [6.07, 6.45) is 2.05. The van der Waals surface area contributed by atoms with Crippen LogP contribution in [0, 0.1) is 0 Å². The molecule has 14 heavy (non-hydrogen) atoms. The molecule has 0 heterocycles. The molecule has 0 aliphatic rings. The maximum absolute atomic E-state index is 11.2. The van der Waals surface area contributed by atoms with Gasteiger partial charge in [0.15, 0.2) is 9.84 Å². The van der Waals surface area contributed by atoms with E-state index in [1.54, 1.807) is 6.92 Å². The monoisotopic (exact) mass is 221 g/mol. The fourth-order valence-electron chi connectivity index (χ4n) is 1.15. The van der Waals surface area contributed by atoms with Crippen LogP contribution in [0.25, 0.3) is 0 Å². The minimum atomic E-state index is -2.82. The van der Waals surface area contributed by atoms with Crippen LogP contribution in [0.5, 0.6) is 0 Å². The average molecular weight is 221 g/mol. The second kappa shape index (κ2) is 5.71. The first kappa shape index (κ1) is 13.9. The maximum atomic E-state index is 11.2. The molecule has 3 nitrogen and oxygen atoms in total. The molecule has 0 rings (SSSR count). The lowest BCUT2D eigenvalue weighted by molar-refractivity contribution is 0.340. The molecule has 0 aliphatic heterocycles. The van der Waals surface area contributed by atoms with Crippen molar-refractivity contribution in [1.29, 1.82) is 0 Å². The maximum Gasteiger partial charge on any atom is 0.151 e. The molecule has 0 aromatic carbocycles. The van der Waals surface area contributed by atoms with Crippen molar-refractivity contribution in [2.24, 2.45) is 0 Å². The van der Waals surface area contributed by atoms with Crippen LogP contribution in [0.2, 0.25) is 0 Å². The molecule has 0 fully saturated rings. The van der Waals surface area contributed by atoms with Crippen LogP contribution in [0.15, 0.2) is 0 Å². The van der Waals surface area contributed by atoms with Crippen LogP contribution >= 0.6 is 0 Å². The number of hydrogen-bond acceptors (Lipinski definition) is 3. The number of rotatable bonds is 7. The van der Waals surface area contributed by atoms with Crippen molar-refractivity contribution in [3.63, 3.8) is 0 Å². The van der Waals surface area contributed by atoms with Crippen molar-refractivity contribution in [3.8, 4) is 0 Å². The Morgan fingerprint density at radius 2 is 1.64 bits per heavy atom. The second-order valence-corrected chi connectivity index (χ2v) is 6.40. The number of nitrogens with one attached hydrogen (secondary N) is 1. The van der Waals surface area contributed by atoms with Crippen molar-refractivity contribution < 1.29 is 8.42 Å². The third-order valence-corrected chi connectivity index (χ3v) is 4.67. The molecule has 0 atom stereocenters. The predicted octanol–water partition coefficient (Wildman–Crippen LogP) is 1.59. The summed E-state index contributed by atoms with van der Waals surface area (Å²) in [7, 11) is -2.82. The van der Waals surface area contributed by atoms with Gasteiger partial charge in [-0.05, 0) is 19.8 Å². The number of hydrogen-bond donors (Lipinski definition) is 1. The zero-order valence-electron chi connectivity index (χ0n) is 9.76. The largest absolute Gasteiger partial charge is 0.311 e. The molecular formula is C10H23NO2S. The van der Waals surface area contributed by atoms with E-state index >= 15 is 0 Å². The Kier molecular flexibility index (Phi) is 5.67. The van der Waals surface area contributed by atoms with Crippen LogP contribution in [0.1, 0.15) is 40.5 Å². The van der Waals surface area contributed by atoms with E-state index in [4.69, 9.17) is 0 Å². The van der Waals surface area contributed by atoms with Crippen LogP contribution in [0.3, 0.4) is 0 Å². The van der Waals surface area contributed by atoms with Gasteiger partial charge in [-0.15, -0.1) is 0 Å². The summed E-state index contributed by atoms with van der Waals surface area (Å²) in [6, 6.07) is 0. The van der Waals surface area contributed by atoms with Crippen LogP contribution in [-0.2, 0) is 9.84 Å². The minimum Gasteiger partial charge on any atom is -0.311 e. The van der Waals surface area contributed by atoms with E-state index in [-0.39, 0.29) is 17.0 Å². The van der Waals surface area contributed by atoms with Crippen molar-refractivity contribution in [2.75, 3.05) is 18.1 Å². The smallest absolute Gasteiger partial charge is 0.151 e. The topological polar surface area (TPSA) is 46.2 Å². The molecule has 4 heteroatoms. The van der Waals surface area contributed by atoms with Gasteiger partial charge in [0.05, 0.1) is 5.75 Å². The van der Waals surface area contributed by atoms with Gasteiger partial charge in [0.25, 0.3) is 0 Å². The molecular weight excluding hydrogens is 198 g/mol. The van der Waals surface area contributed by atoms with Gasteiger partial charge in [-0.1, -0.05) is 20.8 Å². The normalized spacial score (nSPS) is 13.1. The SMILES string of the molecule is CCC(C)(CC)NCCS(=O)(=O)CC. The van der Waals surface area contributed by atoms with E-state index in [0.29, 0.717) is 6.54 Å². The summed E-state index contributed by atoms with van der Waals surface area (Å²) in [4.78, 5) is 0. The zero-order valence-corrected chi connectivity index (χ0v) is 10.6. The highest BCUT2D eigenvalue weighted by Gasteiger charge is 2.19. The quantitative estimate of drug-likeness (QED) is 0.710. The average Bonchev–Trinajstić information content (AvgIpc) is 2.17. The van der Waals surface area contributed by atoms with Gasteiger partial charge in [-0.25, -0.2) is 8.42 Å². The Morgan fingerprint density at radius 3 is 2.00 bits per heavy atom. The van der Waals surface area contributed by atoms with Gasteiger partial charge in [0.2, 0.25) is 0 Å². The minimum absolute atomic E-state index is 0.0866. The lowest BCUT2D eigenvalue weighted by Crippen LogP contribution is -2.43. The molecule has 0 aliphatic carbocycles. The highest BCUT2D eigenvalue weighted by molar-refractivity contribution is 7.91. The molecule has 0 spiro atoms. The third kappa shape index (κ3) is 4.96. The summed E-state index contributed by atoms with van der Waals surface area (Å²) in [5, 5.41) is 3.31. The fraction of sp³-hybridized carbons (Fsp3) is 1.00. The summed E-state index contributed by atoms with van der Waals surface area (Å²) in [5.74, 6) is 0.489. The standard InChI is InChI=1S/C10H23NO2S/c1-5-10(4,6-2)11-8-9-14(12,13)7-3/h11H,5-9H2,1-4H3. The van der Waals surface area contributed by atoms with Crippen LogP contribution in [0.4, 0.5) is 0 Å². The Labute approximate surface area is 88.2 Å². The van der Waals surface area contributed by atoms with Crippen LogP contribution < -0.4 is 5.32 Å². The van der Waals surface area contributed by atoms with E-state index in [0.717, 1.165) is 12.8 Å². The fourth-order valence-corrected chi connectivity index (χ4v) is 1.85. The molecule has 0 aromatic rings. The van der Waals surface area contributed by atoms with Crippen molar-refractivity contribution in [1.82, 2.24) is 5.32 Å². The van der Waals surface area contributed by atoms with E-state index in [9.17, 15) is 8.42 Å². The summed E-state index contributed by atoms with van der Waals surface area (Å²) in [5.41, 5.74) is 0.0866. The lowest BCUT2D eigenvalue weighted by atomic mass is 9.96. The molecule has 0 saturated carbocycles. The third-order valence-electron chi connectivity index (χ3n) is 2.97. The summed E-state index contributed by atoms with van der Waals surface area (Å²) in [6.45, 7) is 8.61. The van der Waals surface area contributed by atoms with E-state index in [1.165, 1.54) is 0 Å². The van der Waals surface area contributed by atoms with Gasteiger partial charge < -0.3 is 5.32 Å². The summed E-state index contributed by atoms with van der Waals surface area (Å²) < 4.78 is 22.4. The van der Waals surface area contributed by atoms with E-state index in [1.807, 2.05) is 0 Å². The van der Waals surface area contributed by atoms with E-state index < -0.39 is 9.84 Å². The Bertz CT molecular complexity index is 243. The molecule has 0 amide bonds. The Morgan fingerprint density at radius 1 is 1.14 bits per heavy atom. The van der Waals surface area contributed by atoms with Gasteiger partial charge >= 0.3 is 0 Å².